The van der Waals surface area contributed by atoms with Gasteiger partial charge in [0.05, 0.1) is 6.61 Å². The molecule has 1 aromatic rings. The minimum atomic E-state index is 0.160. The van der Waals surface area contributed by atoms with Gasteiger partial charge in [0.1, 0.15) is 0 Å². The van der Waals surface area contributed by atoms with E-state index in [1.165, 1.54) is 22.6 Å². The normalized spacial score (nSPS) is 19.1. The molecule has 0 amide bonds. The number of fused-ring (bicyclic) bond motifs is 1. The van der Waals surface area contributed by atoms with Crippen molar-refractivity contribution >= 4 is 11.8 Å². The van der Waals surface area contributed by atoms with Gasteiger partial charge in [-0.25, -0.2) is 0 Å². The van der Waals surface area contributed by atoms with E-state index in [1.807, 2.05) is 23.9 Å². The van der Waals surface area contributed by atoms with Crippen molar-refractivity contribution < 1.29 is 5.11 Å². The largest absolute Gasteiger partial charge is 0.392 e. The third-order valence-electron chi connectivity index (χ3n) is 2.94. The number of aliphatic hydroxyl groups excluding tert-OH is 1. The molecule has 2 heteroatoms. The predicted octanol–water partition coefficient (Wildman–Crippen LogP) is 2.95. The van der Waals surface area contributed by atoms with Crippen molar-refractivity contribution in [3.05, 3.63) is 29.3 Å². The maximum absolute atomic E-state index is 9.32. The summed E-state index contributed by atoms with van der Waals surface area (Å²) in [7, 11) is 0. The molecule has 1 aromatic carbocycles. The topological polar surface area (TPSA) is 20.2 Å². The van der Waals surface area contributed by atoms with Crippen molar-refractivity contribution in [3.8, 4) is 0 Å². The number of thioether (sulfide) groups is 1. The number of benzene rings is 1. The highest BCUT2D eigenvalue weighted by molar-refractivity contribution is 7.99. The van der Waals surface area contributed by atoms with Gasteiger partial charge in [-0.05, 0) is 34.8 Å². The van der Waals surface area contributed by atoms with Gasteiger partial charge >= 0.3 is 0 Å². The van der Waals surface area contributed by atoms with E-state index in [2.05, 4.69) is 19.9 Å². The van der Waals surface area contributed by atoms with E-state index in [4.69, 9.17) is 0 Å². The Kier molecular flexibility index (Phi) is 2.58. The molecule has 0 fully saturated rings. The Balaban J connectivity index is 2.58. The van der Waals surface area contributed by atoms with Crippen LogP contribution in [0.15, 0.2) is 23.1 Å². The lowest BCUT2D eigenvalue weighted by Gasteiger charge is -2.33. The van der Waals surface area contributed by atoms with Crippen LogP contribution in [-0.2, 0) is 12.0 Å². The summed E-state index contributed by atoms with van der Waals surface area (Å²) in [6.07, 6.45) is 1.20. The van der Waals surface area contributed by atoms with Gasteiger partial charge in [0.15, 0.2) is 0 Å². The summed E-state index contributed by atoms with van der Waals surface area (Å²) < 4.78 is 0. The van der Waals surface area contributed by atoms with Gasteiger partial charge in [-0.3, -0.25) is 0 Å². The molecular weight excluding hydrogens is 192 g/mol. The first-order valence-electron chi connectivity index (χ1n) is 5.01. The third-order valence-corrected chi connectivity index (χ3v) is 4.00. The van der Waals surface area contributed by atoms with Crippen LogP contribution < -0.4 is 0 Å². The van der Waals surface area contributed by atoms with Gasteiger partial charge in [-0.1, -0.05) is 26.0 Å². The van der Waals surface area contributed by atoms with E-state index in [9.17, 15) is 5.11 Å². The molecule has 0 aromatic heterocycles. The molecule has 0 saturated heterocycles. The molecule has 1 aliphatic heterocycles. The fourth-order valence-corrected chi connectivity index (χ4v) is 3.70. The van der Waals surface area contributed by atoms with Gasteiger partial charge in [0, 0.05) is 4.90 Å². The van der Waals surface area contributed by atoms with Crippen LogP contribution in [-0.4, -0.2) is 10.9 Å². The molecule has 0 spiro atoms. The molecule has 0 saturated carbocycles. The smallest absolute Gasteiger partial charge is 0.0685 e. The zero-order valence-electron chi connectivity index (χ0n) is 8.71. The fourth-order valence-electron chi connectivity index (χ4n) is 2.14. The highest BCUT2D eigenvalue weighted by Gasteiger charge is 2.29. The zero-order chi connectivity index (χ0) is 10.2. The van der Waals surface area contributed by atoms with Crippen LogP contribution in [0, 0.1) is 0 Å². The lowest BCUT2D eigenvalue weighted by atomic mass is 9.79. The summed E-state index contributed by atoms with van der Waals surface area (Å²) in [6, 6.07) is 6.24. The van der Waals surface area contributed by atoms with E-state index in [0.717, 1.165) is 5.56 Å². The zero-order valence-corrected chi connectivity index (χ0v) is 9.53. The molecule has 0 atom stereocenters. The average Bonchev–Trinajstić information content (AvgIpc) is 2.16. The minimum Gasteiger partial charge on any atom is -0.392 e. The summed E-state index contributed by atoms with van der Waals surface area (Å²) in [6.45, 7) is 4.70. The number of rotatable bonds is 1. The molecule has 76 valence electrons. The van der Waals surface area contributed by atoms with Gasteiger partial charge in [-0.15, -0.1) is 11.8 Å². The molecule has 1 nitrogen and oxygen atoms in total. The van der Waals surface area contributed by atoms with Crippen LogP contribution >= 0.6 is 11.8 Å². The maximum atomic E-state index is 9.32. The standard InChI is InChI=1S/C12H16OS/c1-12(2)6-7-14-10-5-3-4-9(8-13)11(10)12/h3-5,13H,6-8H2,1-2H3. The molecule has 0 unspecified atom stereocenters. The average molecular weight is 208 g/mol. The van der Waals surface area contributed by atoms with Crippen molar-refractivity contribution in [2.24, 2.45) is 0 Å². The van der Waals surface area contributed by atoms with E-state index in [-0.39, 0.29) is 12.0 Å². The Morgan fingerprint density at radius 1 is 1.43 bits per heavy atom. The molecule has 2 rings (SSSR count). The lowest BCUT2D eigenvalue weighted by molar-refractivity contribution is 0.277. The molecule has 0 bridgehead atoms. The fraction of sp³-hybridized carbons (Fsp3) is 0.500. The van der Waals surface area contributed by atoms with Gasteiger partial charge < -0.3 is 5.11 Å². The van der Waals surface area contributed by atoms with Crippen molar-refractivity contribution in [1.29, 1.82) is 0 Å². The Bertz CT molecular complexity index is 330. The van der Waals surface area contributed by atoms with E-state index in [0.29, 0.717) is 0 Å². The number of aliphatic hydroxyl groups is 1. The molecule has 1 aliphatic rings. The van der Waals surface area contributed by atoms with Crippen LogP contribution in [0.5, 0.6) is 0 Å². The first-order chi connectivity index (χ1) is 6.65. The van der Waals surface area contributed by atoms with Crippen LogP contribution in [0.1, 0.15) is 31.4 Å². The van der Waals surface area contributed by atoms with Gasteiger partial charge in [0.2, 0.25) is 0 Å². The molecule has 1 heterocycles. The van der Waals surface area contributed by atoms with E-state index >= 15 is 0 Å². The number of hydrogen-bond donors (Lipinski definition) is 1. The van der Waals surface area contributed by atoms with Crippen LogP contribution in [0.2, 0.25) is 0 Å². The summed E-state index contributed by atoms with van der Waals surface area (Å²) in [5.41, 5.74) is 2.68. The van der Waals surface area contributed by atoms with E-state index < -0.39 is 0 Å². The van der Waals surface area contributed by atoms with Crippen LogP contribution in [0.3, 0.4) is 0 Å². The molecule has 0 radical (unpaired) electrons. The second kappa shape index (κ2) is 3.59. The monoisotopic (exact) mass is 208 g/mol. The minimum absolute atomic E-state index is 0.160. The van der Waals surface area contributed by atoms with Crippen molar-refractivity contribution in [1.82, 2.24) is 0 Å². The van der Waals surface area contributed by atoms with Gasteiger partial charge in [-0.2, -0.15) is 0 Å². The maximum Gasteiger partial charge on any atom is 0.0685 e. The van der Waals surface area contributed by atoms with Crippen molar-refractivity contribution in [3.63, 3.8) is 0 Å². The second-order valence-corrected chi connectivity index (χ2v) is 5.57. The molecule has 14 heavy (non-hydrogen) atoms. The van der Waals surface area contributed by atoms with Gasteiger partial charge in [0.25, 0.3) is 0 Å². The summed E-state index contributed by atoms with van der Waals surface area (Å²) >= 11 is 1.91. The Hall–Kier alpha value is -0.470. The van der Waals surface area contributed by atoms with Crippen molar-refractivity contribution in [2.75, 3.05) is 5.75 Å². The quantitative estimate of drug-likeness (QED) is 0.765. The lowest BCUT2D eigenvalue weighted by Crippen LogP contribution is -2.24. The first kappa shape index (κ1) is 10.1. The van der Waals surface area contributed by atoms with Crippen LogP contribution in [0.4, 0.5) is 0 Å². The highest BCUT2D eigenvalue weighted by Crippen LogP contribution is 2.43. The molecule has 1 N–H and O–H groups in total. The number of hydrogen-bond acceptors (Lipinski definition) is 2. The van der Waals surface area contributed by atoms with E-state index in [1.54, 1.807) is 0 Å². The Labute approximate surface area is 89.5 Å². The summed E-state index contributed by atoms with van der Waals surface area (Å²) in [5.74, 6) is 1.19. The van der Waals surface area contributed by atoms with Crippen molar-refractivity contribution in [2.45, 2.75) is 37.2 Å². The second-order valence-electron chi connectivity index (χ2n) is 4.43. The summed E-state index contributed by atoms with van der Waals surface area (Å²) in [5, 5.41) is 9.32. The molecular formula is C12H16OS. The highest BCUT2D eigenvalue weighted by atomic mass is 32.2. The molecule has 0 aliphatic carbocycles. The summed E-state index contributed by atoms with van der Waals surface area (Å²) in [4.78, 5) is 1.35. The Morgan fingerprint density at radius 3 is 2.93 bits per heavy atom. The third kappa shape index (κ3) is 1.57. The Morgan fingerprint density at radius 2 is 2.21 bits per heavy atom. The van der Waals surface area contributed by atoms with Crippen LogP contribution in [0.25, 0.3) is 0 Å². The SMILES string of the molecule is CC1(C)CCSc2cccc(CO)c21. The first-order valence-corrected chi connectivity index (χ1v) is 6.00. The predicted molar refractivity (Wildman–Crippen MR) is 60.7 cm³/mol.